The number of fused-ring (bicyclic) bond motifs is 1. The summed E-state index contributed by atoms with van der Waals surface area (Å²) in [5.74, 6) is -0.664. The minimum atomic E-state index is -1.11. The second-order valence-electron chi connectivity index (χ2n) is 7.61. The molecular formula is C24H19N3O4S. The van der Waals surface area contributed by atoms with Gasteiger partial charge in [-0.05, 0) is 47.5 Å². The predicted octanol–water partition coefficient (Wildman–Crippen LogP) is 4.06. The number of methoxy groups -OCH3 is 1. The van der Waals surface area contributed by atoms with Crippen LogP contribution in [-0.2, 0) is 4.79 Å². The van der Waals surface area contributed by atoms with E-state index in [-0.39, 0.29) is 23.3 Å². The highest BCUT2D eigenvalue weighted by molar-refractivity contribution is 8.18. The molecule has 1 amide bonds. The first-order valence-electron chi connectivity index (χ1n) is 10.1. The first-order valence-corrected chi connectivity index (χ1v) is 10.9. The maximum absolute atomic E-state index is 12.5. The van der Waals surface area contributed by atoms with Gasteiger partial charge in [-0.25, -0.2) is 4.79 Å². The van der Waals surface area contributed by atoms with Crippen molar-refractivity contribution in [3.63, 3.8) is 0 Å². The molecule has 7 nitrogen and oxygen atoms in total. The number of pyridine rings is 1. The molecule has 1 aliphatic carbocycles. The number of amidine groups is 1. The monoisotopic (exact) mass is 445 g/mol. The predicted molar refractivity (Wildman–Crippen MR) is 124 cm³/mol. The van der Waals surface area contributed by atoms with Crippen LogP contribution in [0.2, 0.25) is 0 Å². The van der Waals surface area contributed by atoms with Crippen LogP contribution in [0.3, 0.4) is 0 Å². The van der Waals surface area contributed by atoms with Gasteiger partial charge in [0.25, 0.3) is 5.91 Å². The third kappa shape index (κ3) is 3.85. The molecule has 1 saturated heterocycles. The van der Waals surface area contributed by atoms with Gasteiger partial charge in [-0.1, -0.05) is 36.4 Å². The molecule has 0 unspecified atom stereocenters. The molecule has 5 rings (SSSR count). The SMILES string of the molecule is COc1c(C(=O)O)cnc2ccc(C=C3SC(=N[C@@H]4C[C@H]4c4ccccc4)NC3=O)cc12. The van der Waals surface area contributed by atoms with E-state index in [1.165, 1.54) is 30.6 Å². The van der Waals surface area contributed by atoms with Crippen molar-refractivity contribution in [3.05, 3.63) is 76.3 Å². The van der Waals surface area contributed by atoms with E-state index in [0.29, 0.717) is 26.9 Å². The van der Waals surface area contributed by atoms with Crippen molar-refractivity contribution < 1.29 is 19.4 Å². The van der Waals surface area contributed by atoms with Crippen LogP contribution in [0.4, 0.5) is 0 Å². The molecular weight excluding hydrogens is 426 g/mol. The van der Waals surface area contributed by atoms with Crippen LogP contribution < -0.4 is 10.1 Å². The van der Waals surface area contributed by atoms with E-state index in [2.05, 4.69) is 22.4 Å². The molecule has 2 fully saturated rings. The maximum Gasteiger partial charge on any atom is 0.341 e. The number of carbonyl (C=O) groups is 2. The number of ether oxygens (including phenoxy) is 1. The quantitative estimate of drug-likeness (QED) is 0.575. The molecule has 2 N–H and O–H groups in total. The number of amides is 1. The fourth-order valence-electron chi connectivity index (χ4n) is 3.82. The highest BCUT2D eigenvalue weighted by atomic mass is 32.2. The number of thioether (sulfide) groups is 1. The summed E-state index contributed by atoms with van der Waals surface area (Å²) in [6.07, 6.45) is 4.02. The van der Waals surface area contributed by atoms with E-state index in [4.69, 9.17) is 9.73 Å². The number of carboxylic acid groups (broad SMARTS) is 1. The molecule has 0 radical (unpaired) electrons. The van der Waals surface area contributed by atoms with Crippen molar-refractivity contribution in [2.75, 3.05) is 7.11 Å². The molecule has 2 atom stereocenters. The zero-order valence-electron chi connectivity index (χ0n) is 17.1. The van der Waals surface area contributed by atoms with Gasteiger partial charge in [0.2, 0.25) is 0 Å². The minimum absolute atomic E-state index is 0.00962. The molecule has 2 aromatic carbocycles. The Kier molecular flexibility index (Phi) is 5.14. The van der Waals surface area contributed by atoms with E-state index in [1.54, 1.807) is 18.2 Å². The van der Waals surface area contributed by atoms with Crippen molar-refractivity contribution in [3.8, 4) is 5.75 Å². The number of carboxylic acids is 1. The zero-order chi connectivity index (χ0) is 22.2. The van der Waals surface area contributed by atoms with Crippen LogP contribution in [0, 0.1) is 0 Å². The topological polar surface area (TPSA) is 101 Å². The number of hydrogen-bond donors (Lipinski definition) is 2. The molecule has 1 saturated carbocycles. The third-order valence-electron chi connectivity index (χ3n) is 5.49. The highest BCUT2D eigenvalue weighted by Crippen LogP contribution is 2.44. The van der Waals surface area contributed by atoms with Crippen molar-refractivity contribution in [1.82, 2.24) is 10.3 Å². The average molecular weight is 446 g/mol. The van der Waals surface area contributed by atoms with Gasteiger partial charge in [-0.2, -0.15) is 0 Å². The molecule has 1 aromatic heterocycles. The van der Waals surface area contributed by atoms with E-state index in [0.717, 1.165) is 12.0 Å². The molecule has 8 heteroatoms. The van der Waals surface area contributed by atoms with Gasteiger partial charge in [0, 0.05) is 17.5 Å². The van der Waals surface area contributed by atoms with Crippen molar-refractivity contribution in [1.29, 1.82) is 0 Å². The summed E-state index contributed by atoms with van der Waals surface area (Å²) in [6, 6.07) is 15.8. The molecule has 2 aliphatic rings. The summed E-state index contributed by atoms with van der Waals surface area (Å²) >= 11 is 1.31. The molecule has 1 aliphatic heterocycles. The highest BCUT2D eigenvalue weighted by Gasteiger charge is 2.39. The lowest BCUT2D eigenvalue weighted by Crippen LogP contribution is -2.20. The molecule has 3 aromatic rings. The Balaban J connectivity index is 1.39. The zero-order valence-corrected chi connectivity index (χ0v) is 17.9. The number of aromatic nitrogens is 1. The van der Waals surface area contributed by atoms with Crippen LogP contribution in [0.15, 0.2) is 64.6 Å². The number of rotatable bonds is 5. The van der Waals surface area contributed by atoms with Gasteiger partial charge in [-0.3, -0.25) is 14.8 Å². The average Bonchev–Trinajstić information content (AvgIpc) is 3.48. The van der Waals surface area contributed by atoms with Crippen molar-refractivity contribution >= 4 is 45.8 Å². The van der Waals surface area contributed by atoms with Gasteiger partial charge in [0.1, 0.15) is 11.3 Å². The lowest BCUT2D eigenvalue weighted by atomic mass is 10.1. The van der Waals surface area contributed by atoms with Crippen LogP contribution in [0.25, 0.3) is 17.0 Å². The van der Waals surface area contributed by atoms with E-state index in [1.807, 2.05) is 24.3 Å². The van der Waals surface area contributed by atoms with Crippen LogP contribution in [0.1, 0.15) is 33.8 Å². The first kappa shape index (κ1) is 20.3. The summed E-state index contributed by atoms with van der Waals surface area (Å²) in [6.45, 7) is 0. The number of hydrogen-bond acceptors (Lipinski definition) is 6. The fourth-order valence-corrected chi connectivity index (χ4v) is 4.70. The Morgan fingerprint density at radius 2 is 2.09 bits per heavy atom. The summed E-state index contributed by atoms with van der Waals surface area (Å²) in [5.41, 5.74) is 2.61. The molecule has 160 valence electrons. The number of aromatic carboxylic acids is 1. The minimum Gasteiger partial charge on any atom is -0.495 e. The molecule has 0 spiro atoms. The third-order valence-corrected chi connectivity index (χ3v) is 6.42. The number of nitrogens with zero attached hydrogens (tertiary/aromatic N) is 2. The Bertz CT molecular complexity index is 1300. The van der Waals surface area contributed by atoms with Crippen LogP contribution in [-0.4, -0.2) is 40.3 Å². The van der Waals surface area contributed by atoms with Gasteiger partial charge in [0.15, 0.2) is 5.17 Å². The van der Waals surface area contributed by atoms with Crippen LogP contribution in [0.5, 0.6) is 5.75 Å². The fraction of sp³-hybridized carbons (Fsp3) is 0.167. The van der Waals surface area contributed by atoms with Gasteiger partial charge in [-0.15, -0.1) is 0 Å². The van der Waals surface area contributed by atoms with Crippen molar-refractivity contribution in [2.45, 2.75) is 18.4 Å². The summed E-state index contributed by atoms with van der Waals surface area (Å²) in [4.78, 5) is 33.4. The molecule has 2 heterocycles. The molecule has 0 bridgehead atoms. The number of carbonyl (C=O) groups excluding carboxylic acids is 1. The molecule has 32 heavy (non-hydrogen) atoms. The second-order valence-corrected chi connectivity index (χ2v) is 8.64. The van der Waals surface area contributed by atoms with E-state index >= 15 is 0 Å². The lowest BCUT2D eigenvalue weighted by Gasteiger charge is -2.09. The van der Waals surface area contributed by atoms with Gasteiger partial charge >= 0.3 is 5.97 Å². The first-order chi connectivity index (χ1) is 15.5. The Morgan fingerprint density at radius 1 is 1.28 bits per heavy atom. The standard InChI is InChI=1S/C24H19N3O4S/c1-31-21-16-9-13(7-8-18(16)25-12-17(21)23(29)30)10-20-22(28)27-24(32-20)26-19-11-15(19)14-5-3-2-4-6-14/h2-10,12,15,19H,11H2,1H3,(H,29,30)(H,26,27,28)/t15-,19+/m0/s1. The Labute approximate surface area is 188 Å². The van der Waals surface area contributed by atoms with Crippen molar-refractivity contribution in [2.24, 2.45) is 4.99 Å². The summed E-state index contributed by atoms with van der Waals surface area (Å²) in [7, 11) is 1.43. The Morgan fingerprint density at radius 3 is 2.84 bits per heavy atom. The summed E-state index contributed by atoms with van der Waals surface area (Å²) < 4.78 is 5.34. The largest absolute Gasteiger partial charge is 0.495 e. The second kappa shape index (κ2) is 8.12. The van der Waals surface area contributed by atoms with Gasteiger partial charge < -0.3 is 15.2 Å². The maximum atomic E-state index is 12.5. The normalized spacial score (nSPS) is 22.3. The lowest BCUT2D eigenvalue weighted by molar-refractivity contribution is -0.115. The van der Waals surface area contributed by atoms with Gasteiger partial charge in [0.05, 0.1) is 23.6 Å². The smallest absolute Gasteiger partial charge is 0.341 e. The number of aliphatic imine (C=N–C) groups is 1. The number of benzene rings is 2. The Hall–Kier alpha value is -3.65. The van der Waals surface area contributed by atoms with Crippen LogP contribution >= 0.6 is 11.8 Å². The summed E-state index contributed by atoms with van der Waals surface area (Å²) in [5, 5.41) is 13.4. The number of nitrogens with one attached hydrogen (secondary N) is 1. The van der Waals surface area contributed by atoms with E-state index in [9.17, 15) is 14.7 Å². The van der Waals surface area contributed by atoms with E-state index < -0.39 is 5.97 Å².